The predicted molar refractivity (Wildman–Crippen MR) is 78.6 cm³/mol. The van der Waals surface area contributed by atoms with Gasteiger partial charge in [0.2, 0.25) is 0 Å². The fourth-order valence-corrected chi connectivity index (χ4v) is 2.79. The molecule has 0 aliphatic carbocycles. The minimum absolute atomic E-state index is 0.786. The monoisotopic (exact) mass is 288 g/mol. The van der Waals surface area contributed by atoms with Crippen LogP contribution >= 0.6 is 0 Å². The molecule has 0 fully saturated rings. The molecule has 0 spiro atoms. The van der Waals surface area contributed by atoms with Crippen molar-refractivity contribution in [1.82, 2.24) is 10.1 Å². The van der Waals surface area contributed by atoms with Crippen LogP contribution in [0.1, 0.15) is 22.6 Å². The molecule has 0 atom stereocenters. The fourth-order valence-electron chi connectivity index (χ4n) is 2.79. The standard InChI is InChI=1S/C16H20N2O3/c1-11-6-14(21-17-11)10-18-5-4-12-7-15(19-2)16(20-3)8-13(12)9-18/h6-8H,4-5,9-10H2,1-3H3. The van der Waals surface area contributed by atoms with Gasteiger partial charge in [-0.3, -0.25) is 4.90 Å². The zero-order valence-corrected chi connectivity index (χ0v) is 12.7. The third-order valence-corrected chi connectivity index (χ3v) is 3.85. The normalized spacial score (nSPS) is 14.8. The Morgan fingerprint density at radius 2 is 1.86 bits per heavy atom. The molecule has 0 radical (unpaired) electrons. The highest BCUT2D eigenvalue weighted by molar-refractivity contribution is 5.48. The molecule has 5 heteroatoms. The highest BCUT2D eigenvalue weighted by Gasteiger charge is 2.20. The second-order valence-corrected chi connectivity index (χ2v) is 5.37. The second-order valence-electron chi connectivity index (χ2n) is 5.37. The number of ether oxygens (including phenoxy) is 2. The lowest BCUT2D eigenvalue weighted by Gasteiger charge is -2.28. The predicted octanol–water partition coefficient (Wildman–Crippen LogP) is 2.56. The largest absolute Gasteiger partial charge is 0.493 e. The number of rotatable bonds is 4. The summed E-state index contributed by atoms with van der Waals surface area (Å²) in [5.41, 5.74) is 3.54. The molecule has 112 valence electrons. The maximum absolute atomic E-state index is 5.39. The molecule has 2 heterocycles. The minimum Gasteiger partial charge on any atom is -0.493 e. The number of fused-ring (bicyclic) bond motifs is 1. The smallest absolute Gasteiger partial charge is 0.161 e. The molecule has 5 nitrogen and oxygen atoms in total. The molecule has 0 saturated heterocycles. The quantitative estimate of drug-likeness (QED) is 0.865. The van der Waals surface area contributed by atoms with Gasteiger partial charge in [-0.25, -0.2) is 0 Å². The van der Waals surface area contributed by atoms with Gasteiger partial charge in [0.05, 0.1) is 26.5 Å². The summed E-state index contributed by atoms with van der Waals surface area (Å²) >= 11 is 0. The molecule has 1 aromatic heterocycles. The first-order valence-electron chi connectivity index (χ1n) is 7.08. The Morgan fingerprint density at radius 1 is 1.14 bits per heavy atom. The maximum Gasteiger partial charge on any atom is 0.161 e. The number of nitrogens with zero attached hydrogens (tertiary/aromatic N) is 2. The van der Waals surface area contributed by atoms with E-state index in [1.807, 2.05) is 13.0 Å². The van der Waals surface area contributed by atoms with Crippen LogP contribution in [0.5, 0.6) is 11.5 Å². The van der Waals surface area contributed by atoms with Crippen molar-refractivity contribution in [2.75, 3.05) is 20.8 Å². The van der Waals surface area contributed by atoms with Crippen molar-refractivity contribution in [2.24, 2.45) is 0 Å². The molecule has 0 bridgehead atoms. The minimum atomic E-state index is 0.786. The molecule has 0 amide bonds. The van der Waals surface area contributed by atoms with Crippen molar-refractivity contribution in [2.45, 2.75) is 26.4 Å². The third kappa shape index (κ3) is 2.88. The summed E-state index contributed by atoms with van der Waals surface area (Å²) in [7, 11) is 3.34. The number of hydrogen-bond acceptors (Lipinski definition) is 5. The lowest BCUT2D eigenvalue weighted by molar-refractivity contribution is 0.214. The first-order chi connectivity index (χ1) is 10.2. The van der Waals surface area contributed by atoms with Gasteiger partial charge in [0.15, 0.2) is 17.3 Å². The van der Waals surface area contributed by atoms with Crippen LogP contribution in [0.25, 0.3) is 0 Å². The first kappa shape index (κ1) is 13.9. The van der Waals surface area contributed by atoms with E-state index in [-0.39, 0.29) is 0 Å². The van der Waals surface area contributed by atoms with Crippen LogP contribution in [0.2, 0.25) is 0 Å². The second kappa shape index (κ2) is 5.77. The van der Waals surface area contributed by atoms with Crippen molar-refractivity contribution in [3.8, 4) is 11.5 Å². The average Bonchev–Trinajstić information content (AvgIpc) is 2.90. The van der Waals surface area contributed by atoms with Crippen molar-refractivity contribution in [1.29, 1.82) is 0 Å². The van der Waals surface area contributed by atoms with Crippen LogP contribution in [0.3, 0.4) is 0 Å². The molecule has 3 rings (SSSR count). The number of benzene rings is 1. The van der Waals surface area contributed by atoms with Crippen molar-refractivity contribution < 1.29 is 14.0 Å². The third-order valence-electron chi connectivity index (χ3n) is 3.85. The zero-order valence-electron chi connectivity index (χ0n) is 12.7. The van der Waals surface area contributed by atoms with Crippen molar-refractivity contribution >= 4 is 0 Å². The molecular formula is C16H20N2O3. The maximum atomic E-state index is 5.39. The van der Waals surface area contributed by atoms with Crippen LogP contribution in [0.15, 0.2) is 22.7 Å². The van der Waals surface area contributed by atoms with Gasteiger partial charge >= 0.3 is 0 Å². The number of aromatic nitrogens is 1. The van der Waals surface area contributed by atoms with Gasteiger partial charge in [-0.1, -0.05) is 5.16 Å². The molecule has 0 N–H and O–H groups in total. The van der Waals surface area contributed by atoms with Gasteiger partial charge in [0, 0.05) is 19.2 Å². The highest BCUT2D eigenvalue weighted by atomic mass is 16.5. The van der Waals surface area contributed by atoms with Crippen LogP contribution in [0.4, 0.5) is 0 Å². The molecule has 21 heavy (non-hydrogen) atoms. The van der Waals surface area contributed by atoms with E-state index in [1.165, 1.54) is 11.1 Å². The molecule has 1 aliphatic rings. The fraction of sp³-hybridized carbons (Fsp3) is 0.438. The summed E-state index contributed by atoms with van der Waals surface area (Å²) in [6, 6.07) is 6.15. The van der Waals surface area contributed by atoms with Gasteiger partial charge < -0.3 is 14.0 Å². The molecule has 0 unspecified atom stereocenters. The summed E-state index contributed by atoms with van der Waals surface area (Å²) in [6.45, 7) is 4.61. The molecule has 1 aromatic carbocycles. The molecule has 2 aromatic rings. The van der Waals surface area contributed by atoms with Gasteiger partial charge in [0.25, 0.3) is 0 Å². The van der Waals surface area contributed by atoms with E-state index in [4.69, 9.17) is 14.0 Å². The van der Waals surface area contributed by atoms with Crippen LogP contribution in [-0.2, 0) is 19.5 Å². The Bertz CT molecular complexity index is 636. The van der Waals surface area contributed by atoms with E-state index >= 15 is 0 Å². The summed E-state index contributed by atoms with van der Waals surface area (Å²) < 4.78 is 16.1. The Hall–Kier alpha value is -2.01. The first-order valence-corrected chi connectivity index (χ1v) is 7.08. The van der Waals surface area contributed by atoms with Crippen LogP contribution in [-0.4, -0.2) is 30.8 Å². The van der Waals surface area contributed by atoms with E-state index in [1.54, 1.807) is 14.2 Å². The molecule has 0 saturated carbocycles. The van der Waals surface area contributed by atoms with Gasteiger partial charge in [-0.15, -0.1) is 0 Å². The van der Waals surface area contributed by atoms with Crippen LogP contribution < -0.4 is 9.47 Å². The van der Waals surface area contributed by atoms with Gasteiger partial charge in [0.1, 0.15) is 0 Å². The highest BCUT2D eigenvalue weighted by Crippen LogP contribution is 2.33. The van der Waals surface area contributed by atoms with E-state index in [0.29, 0.717) is 0 Å². The summed E-state index contributed by atoms with van der Waals surface area (Å²) in [5, 5.41) is 3.94. The number of hydrogen-bond donors (Lipinski definition) is 0. The van der Waals surface area contributed by atoms with Crippen molar-refractivity contribution in [3.05, 3.63) is 40.8 Å². The molecular weight excluding hydrogens is 268 g/mol. The Labute approximate surface area is 124 Å². The zero-order chi connectivity index (χ0) is 14.8. The van der Waals surface area contributed by atoms with E-state index in [9.17, 15) is 0 Å². The van der Waals surface area contributed by atoms with E-state index in [0.717, 1.165) is 49.0 Å². The number of aryl methyl sites for hydroxylation is 1. The lowest BCUT2D eigenvalue weighted by Crippen LogP contribution is -2.30. The lowest BCUT2D eigenvalue weighted by atomic mass is 9.98. The topological polar surface area (TPSA) is 47.7 Å². The van der Waals surface area contributed by atoms with E-state index in [2.05, 4.69) is 22.2 Å². The van der Waals surface area contributed by atoms with Crippen LogP contribution in [0, 0.1) is 6.92 Å². The summed E-state index contributed by atoms with van der Waals surface area (Å²) in [6.07, 6.45) is 1.00. The number of methoxy groups -OCH3 is 2. The Morgan fingerprint density at radius 3 is 2.48 bits per heavy atom. The van der Waals surface area contributed by atoms with E-state index < -0.39 is 0 Å². The Balaban J connectivity index is 1.78. The Kier molecular flexibility index (Phi) is 3.84. The van der Waals surface area contributed by atoms with Gasteiger partial charge in [-0.2, -0.15) is 0 Å². The summed E-state index contributed by atoms with van der Waals surface area (Å²) in [5.74, 6) is 2.50. The summed E-state index contributed by atoms with van der Waals surface area (Å²) in [4.78, 5) is 2.36. The average molecular weight is 288 g/mol. The van der Waals surface area contributed by atoms with Gasteiger partial charge in [-0.05, 0) is 36.6 Å². The molecule has 1 aliphatic heterocycles. The SMILES string of the molecule is COc1cc2c(cc1OC)CN(Cc1cc(C)no1)CC2. The van der Waals surface area contributed by atoms with Crippen molar-refractivity contribution in [3.63, 3.8) is 0 Å².